The SMILES string of the molecule is CC(=O)NC(Cc1ccccc1)c1nc2ccccc2n1Cc1ccccc1F. The third kappa shape index (κ3) is 4.19. The second-order valence-corrected chi connectivity index (χ2v) is 7.08. The maximum absolute atomic E-state index is 14.4. The molecule has 4 nitrogen and oxygen atoms in total. The molecule has 0 aliphatic rings. The predicted molar refractivity (Wildman–Crippen MR) is 112 cm³/mol. The number of halogens is 1. The predicted octanol–water partition coefficient (Wildman–Crippen LogP) is 4.64. The number of amides is 1. The van der Waals surface area contributed by atoms with Crippen LogP contribution in [0, 0.1) is 5.82 Å². The molecule has 146 valence electrons. The van der Waals surface area contributed by atoms with Crippen LogP contribution < -0.4 is 5.32 Å². The third-order valence-corrected chi connectivity index (χ3v) is 4.94. The maximum atomic E-state index is 14.4. The number of nitrogens with zero attached hydrogens (tertiary/aromatic N) is 2. The van der Waals surface area contributed by atoms with E-state index in [2.05, 4.69) is 5.32 Å². The molecule has 0 saturated heterocycles. The van der Waals surface area contributed by atoms with E-state index in [9.17, 15) is 9.18 Å². The van der Waals surface area contributed by atoms with Crippen LogP contribution in [0.2, 0.25) is 0 Å². The van der Waals surface area contributed by atoms with Gasteiger partial charge in [-0.05, 0) is 30.2 Å². The van der Waals surface area contributed by atoms with Crippen LogP contribution in [0.5, 0.6) is 0 Å². The molecule has 5 heteroatoms. The molecule has 1 heterocycles. The number of hydrogen-bond donors (Lipinski definition) is 1. The number of nitrogens with one attached hydrogen (secondary N) is 1. The summed E-state index contributed by atoms with van der Waals surface area (Å²) in [6.45, 7) is 1.84. The van der Waals surface area contributed by atoms with Gasteiger partial charge in [0.05, 0.1) is 23.6 Å². The fourth-order valence-corrected chi connectivity index (χ4v) is 3.63. The van der Waals surface area contributed by atoms with Gasteiger partial charge >= 0.3 is 0 Å². The Labute approximate surface area is 169 Å². The van der Waals surface area contributed by atoms with E-state index >= 15 is 0 Å². The van der Waals surface area contributed by atoms with Crippen molar-refractivity contribution in [3.05, 3.63) is 102 Å². The minimum Gasteiger partial charge on any atom is -0.346 e. The van der Waals surface area contributed by atoms with Crippen LogP contribution in [0.3, 0.4) is 0 Å². The zero-order chi connectivity index (χ0) is 20.2. The van der Waals surface area contributed by atoms with E-state index in [0.717, 1.165) is 16.6 Å². The zero-order valence-electron chi connectivity index (χ0n) is 16.2. The second kappa shape index (κ2) is 8.27. The molecule has 0 aliphatic carbocycles. The standard InChI is InChI=1S/C24H22FN3O/c1-17(29)26-22(15-18-9-3-2-4-10-18)24-27-21-13-7-8-14-23(21)28(24)16-19-11-5-6-12-20(19)25/h2-14,22H,15-16H2,1H3,(H,26,29). The Hall–Kier alpha value is -3.47. The minimum absolute atomic E-state index is 0.129. The molecule has 0 bridgehead atoms. The Morgan fingerprint density at radius 2 is 1.69 bits per heavy atom. The highest BCUT2D eigenvalue weighted by atomic mass is 19.1. The van der Waals surface area contributed by atoms with Crippen molar-refractivity contribution in [1.29, 1.82) is 0 Å². The van der Waals surface area contributed by atoms with Crippen molar-refractivity contribution in [2.45, 2.75) is 25.9 Å². The molecule has 1 aromatic heterocycles. The van der Waals surface area contributed by atoms with E-state index < -0.39 is 0 Å². The topological polar surface area (TPSA) is 46.9 Å². The first-order valence-corrected chi connectivity index (χ1v) is 9.61. The van der Waals surface area contributed by atoms with Crippen molar-refractivity contribution in [2.24, 2.45) is 0 Å². The van der Waals surface area contributed by atoms with E-state index in [4.69, 9.17) is 4.98 Å². The summed E-state index contributed by atoms with van der Waals surface area (Å²) in [5.41, 5.74) is 3.41. The molecule has 0 radical (unpaired) electrons. The molecule has 3 aromatic carbocycles. The summed E-state index contributed by atoms with van der Waals surface area (Å²) in [5.74, 6) is 0.333. The Kier molecular flexibility index (Phi) is 5.38. The Morgan fingerprint density at radius 3 is 2.45 bits per heavy atom. The lowest BCUT2D eigenvalue weighted by atomic mass is 10.0. The average Bonchev–Trinajstić information content (AvgIpc) is 3.08. The first-order chi connectivity index (χ1) is 14.1. The number of carbonyl (C=O) groups is 1. The summed E-state index contributed by atoms with van der Waals surface area (Å²) in [6, 6.07) is 24.2. The Bertz CT molecular complexity index is 1140. The molecule has 0 aliphatic heterocycles. The van der Waals surface area contributed by atoms with Gasteiger partial charge in [0.15, 0.2) is 0 Å². The molecule has 1 unspecified atom stereocenters. The van der Waals surface area contributed by atoms with Gasteiger partial charge in [0, 0.05) is 12.5 Å². The average molecular weight is 387 g/mol. The zero-order valence-corrected chi connectivity index (χ0v) is 16.2. The van der Waals surface area contributed by atoms with Gasteiger partial charge < -0.3 is 9.88 Å². The van der Waals surface area contributed by atoms with Crippen LogP contribution >= 0.6 is 0 Å². The quantitative estimate of drug-likeness (QED) is 0.524. The summed E-state index contributed by atoms with van der Waals surface area (Å²) < 4.78 is 16.4. The molecular weight excluding hydrogens is 365 g/mol. The normalized spacial score (nSPS) is 12.1. The van der Waals surface area contributed by atoms with Crippen LogP contribution in [0.15, 0.2) is 78.9 Å². The summed E-state index contributed by atoms with van der Waals surface area (Å²) >= 11 is 0. The highest BCUT2D eigenvalue weighted by Crippen LogP contribution is 2.25. The van der Waals surface area contributed by atoms with Gasteiger partial charge in [0.2, 0.25) is 5.91 Å². The van der Waals surface area contributed by atoms with Crippen molar-refractivity contribution in [3.63, 3.8) is 0 Å². The molecule has 29 heavy (non-hydrogen) atoms. The summed E-state index contributed by atoms with van der Waals surface area (Å²) in [7, 11) is 0. The molecule has 0 saturated carbocycles. The Morgan fingerprint density at radius 1 is 1.00 bits per heavy atom. The third-order valence-electron chi connectivity index (χ3n) is 4.94. The monoisotopic (exact) mass is 387 g/mol. The number of benzene rings is 3. The summed E-state index contributed by atoms with van der Waals surface area (Å²) in [5, 5.41) is 3.03. The van der Waals surface area contributed by atoms with Crippen LogP contribution in [-0.2, 0) is 17.8 Å². The first-order valence-electron chi connectivity index (χ1n) is 9.61. The van der Waals surface area contributed by atoms with Crippen LogP contribution in [0.25, 0.3) is 11.0 Å². The molecule has 0 fully saturated rings. The molecule has 1 amide bonds. The van der Waals surface area contributed by atoms with Crippen molar-refractivity contribution in [2.75, 3.05) is 0 Å². The van der Waals surface area contributed by atoms with E-state index in [1.807, 2.05) is 65.2 Å². The molecule has 1 N–H and O–H groups in total. The molecule has 0 spiro atoms. The number of aromatic nitrogens is 2. The van der Waals surface area contributed by atoms with Gasteiger partial charge in [-0.1, -0.05) is 60.7 Å². The fourth-order valence-electron chi connectivity index (χ4n) is 3.63. The van der Waals surface area contributed by atoms with E-state index in [-0.39, 0.29) is 17.8 Å². The van der Waals surface area contributed by atoms with Crippen molar-refractivity contribution in [1.82, 2.24) is 14.9 Å². The number of imidazole rings is 1. The van der Waals surface area contributed by atoms with Gasteiger partial charge in [0.25, 0.3) is 0 Å². The lowest BCUT2D eigenvalue weighted by Crippen LogP contribution is -2.30. The van der Waals surface area contributed by atoms with Gasteiger partial charge in [-0.2, -0.15) is 0 Å². The van der Waals surface area contributed by atoms with Gasteiger partial charge in [0.1, 0.15) is 11.6 Å². The van der Waals surface area contributed by atoms with Gasteiger partial charge in [-0.25, -0.2) is 9.37 Å². The van der Waals surface area contributed by atoms with E-state index in [0.29, 0.717) is 24.4 Å². The van der Waals surface area contributed by atoms with Crippen LogP contribution in [0.1, 0.15) is 29.9 Å². The highest BCUT2D eigenvalue weighted by molar-refractivity contribution is 5.77. The minimum atomic E-state index is -0.325. The van der Waals surface area contributed by atoms with Crippen molar-refractivity contribution in [3.8, 4) is 0 Å². The first kappa shape index (κ1) is 18.9. The van der Waals surface area contributed by atoms with Crippen LogP contribution in [-0.4, -0.2) is 15.5 Å². The molecule has 1 atom stereocenters. The Balaban J connectivity index is 1.81. The molecular formula is C24H22FN3O. The van der Waals surface area contributed by atoms with E-state index in [1.165, 1.54) is 13.0 Å². The molecule has 4 aromatic rings. The highest BCUT2D eigenvalue weighted by Gasteiger charge is 2.22. The van der Waals surface area contributed by atoms with Crippen LogP contribution in [0.4, 0.5) is 4.39 Å². The summed E-state index contributed by atoms with van der Waals surface area (Å²) in [6.07, 6.45) is 0.598. The van der Waals surface area contributed by atoms with E-state index in [1.54, 1.807) is 12.1 Å². The lowest BCUT2D eigenvalue weighted by molar-refractivity contribution is -0.119. The number of fused-ring (bicyclic) bond motifs is 1. The summed E-state index contributed by atoms with van der Waals surface area (Å²) in [4.78, 5) is 16.8. The number of rotatable bonds is 6. The fraction of sp³-hybridized carbons (Fsp3) is 0.167. The lowest BCUT2D eigenvalue weighted by Gasteiger charge is -2.20. The number of para-hydroxylation sites is 2. The van der Waals surface area contributed by atoms with Gasteiger partial charge in [-0.15, -0.1) is 0 Å². The number of carbonyl (C=O) groups excluding carboxylic acids is 1. The largest absolute Gasteiger partial charge is 0.346 e. The smallest absolute Gasteiger partial charge is 0.217 e. The second-order valence-electron chi connectivity index (χ2n) is 7.08. The maximum Gasteiger partial charge on any atom is 0.217 e. The molecule has 4 rings (SSSR count). The van der Waals surface area contributed by atoms with Crippen molar-refractivity contribution < 1.29 is 9.18 Å². The van der Waals surface area contributed by atoms with Gasteiger partial charge in [-0.3, -0.25) is 4.79 Å². The van der Waals surface area contributed by atoms with Crippen molar-refractivity contribution >= 4 is 16.9 Å². The number of hydrogen-bond acceptors (Lipinski definition) is 2.